The molecule has 0 atom stereocenters. The smallest absolute Gasteiger partial charge is 0.257 e. The number of para-hydroxylation sites is 1. The first-order valence-electron chi connectivity index (χ1n) is 7.28. The predicted octanol–water partition coefficient (Wildman–Crippen LogP) is 3.71. The van der Waals surface area contributed by atoms with Crippen LogP contribution in [0.5, 0.6) is 5.75 Å². The van der Waals surface area contributed by atoms with Gasteiger partial charge in [0.25, 0.3) is 5.91 Å². The molecule has 1 aliphatic rings. The van der Waals surface area contributed by atoms with Crippen LogP contribution in [0.4, 0.5) is 0 Å². The molecule has 2 rings (SSSR count). The molecule has 0 radical (unpaired) electrons. The number of benzene rings is 1. The third-order valence-corrected chi connectivity index (χ3v) is 4.11. The molecule has 20 heavy (non-hydrogen) atoms. The van der Waals surface area contributed by atoms with Gasteiger partial charge in [0.05, 0.1) is 12.7 Å². The molecule has 0 aromatic heterocycles. The summed E-state index contributed by atoms with van der Waals surface area (Å²) in [6.07, 6.45) is 5.83. The maximum absolute atomic E-state index is 12.8. The molecule has 0 spiro atoms. The van der Waals surface area contributed by atoms with Crippen LogP contribution in [-0.2, 0) is 0 Å². The highest BCUT2D eigenvalue weighted by Crippen LogP contribution is 2.26. The Kier molecular flexibility index (Phi) is 5.72. The minimum Gasteiger partial charge on any atom is -0.496 e. The normalized spacial score (nSPS) is 15.9. The summed E-state index contributed by atoms with van der Waals surface area (Å²) in [5.41, 5.74) is 0.630. The van der Waals surface area contributed by atoms with Gasteiger partial charge in [-0.1, -0.05) is 31.4 Å². The summed E-state index contributed by atoms with van der Waals surface area (Å²) in [6, 6.07) is 7.72. The third-order valence-electron chi connectivity index (χ3n) is 3.94. The molecule has 4 heteroatoms. The summed E-state index contributed by atoms with van der Waals surface area (Å²) in [7, 11) is 1.60. The van der Waals surface area contributed by atoms with Gasteiger partial charge in [-0.15, -0.1) is 11.6 Å². The second kappa shape index (κ2) is 7.53. The highest BCUT2D eigenvalue weighted by molar-refractivity contribution is 6.18. The van der Waals surface area contributed by atoms with Crippen molar-refractivity contribution in [3.63, 3.8) is 0 Å². The Hall–Kier alpha value is -1.22. The van der Waals surface area contributed by atoms with Crippen LogP contribution < -0.4 is 4.74 Å². The molecule has 1 aliphatic carbocycles. The fourth-order valence-corrected chi connectivity index (χ4v) is 3.09. The van der Waals surface area contributed by atoms with Gasteiger partial charge in [-0.25, -0.2) is 0 Å². The van der Waals surface area contributed by atoms with Crippen LogP contribution >= 0.6 is 11.6 Å². The first-order chi connectivity index (χ1) is 9.77. The molecular weight excluding hydrogens is 274 g/mol. The van der Waals surface area contributed by atoms with Gasteiger partial charge in [-0.3, -0.25) is 4.79 Å². The average Bonchev–Trinajstić information content (AvgIpc) is 2.52. The standard InChI is InChI=1S/C16H22ClNO2/c1-20-15-10-6-5-9-14(15)16(19)18(12-11-17)13-7-3-2-4-8-13/h5-6,9-10,13H,2-4,7-8,11-12H2,1H3. The van der Waals surface area contributed by atoms with Crippen LogP contribution in [0.15, 0.2) is 24.3 Å². The summed E-state index contributed by atoms with van der Waals surface area (Å²) < 4.78 is 5.30. The maximum Gasteiger partial charge on any atom is 0.257 e. The van der Waals surface area contributed by atoms with E-state index < -0.39 is 0 Å². The van der Waals surface area contributed by atoms with Crippen LogP contribution in [0, 0.1) is 0 Å². The van der Waals surface area contributed by atoms with Gasteiger partial charge >= 0.3 is 0 Å². The number of carbonyl (C=O) groups excluding carboxylic acids is 1. The molecule has 0 aliphatic heterocycles. The summed E-state index contributed by atoms with van der Waals surface area (Å²) in [4.78, 5) is 14.7. The van der Waals surface area contributed by atoms with Crippen LogP contribution in [0.2, 0.25) is 0 Å². The summed E-state index contributed by atoms with van der Waals surface area (Å²) >= 11 is 5.90. The van der Waals surface area contributed by atoms with E-state index in [2.05, 4.69) is 0 Å². The molecule has 3 nitrogen and oxygen atoms in total. The highest BCUT2D eigenvalue weighted by Gasteiger charge is 2.27. The summed E-state index contributed by atoms with van der Waals surface area (Å²) in [6.45, 7) is 0.600. The van der Waals surface area contributed by atoms with E-state index in [0.29, 0.717) is 29.8 Å². The Balaban J connectivity index is 2.21. The Bertz CT molecular complexity index is 444. The van der Waals surface area contributed by atoms with E-state index in [0.717, 1.165) is 12.8 Å². The molecule has 1 aromatic rings. The molecule has 1 amide bonds. The molecule has 110 valence electrons. The number of carbonyl (C=O) groups is 1. The minimum absolute atomic E-state index is 0.0370. The van der Waals surface area contributed by atoms with Crippen molar-refractivity contribution in [3.8, 4) is 5.75 Å². The van der Waals surface area contributed by atoms with Gasteiger partial charge in [0, 0.05) is 18.5 Å². The lowest BCUT2D eigenvalue weighted by Crippen LogP contribution is -2.42. The van der Waals surface area contributed by atoms with E-state index in [-0.39, 0.29) is 5.91 Å². The zero-order valence-electron chi connectivity index (χ0n) is 12.0. The molecule has 1 fully saturated rings. The Morgan fingerprint density at radius 2 is 2.00 bits per heavy atom. The molecule has 0 bridgehead atoms. The van der Waals surface area contributed by atoms with E-state index in [1.807, 2.05) is 29.2 Å². The van der Waals surface area contributed by atoms with Gasteiger partial charge in [0.1, 0.15) is 5.75 Å². The number of ether oxygens (including phenoxy) is 1. The van der Waals surface area contributed by atoms with Crippen molar-refractivity contribution < 1.29 is 9.53 Å². The lowest BCUT2D eigenvalue weighted by atomic mass is 9.93. The van der Waals surface area contributed by atoms with Crippen LogP contribution in [0.3, 0.4) is 0 Å². The topological polar surface area (TPSA) is 29.5 Å². The summed E-state index contributed by atoms with van der Waals surface area (Å²) in [5, 5.41) is 0. The number of nitrogens with zero attached hydrogens (tertiary/aromatic N) is 1. The number of methoxy groups -OCH3 is 1. The van der Waals surface area contributed by atoms with Crippen LogP contribution in [-0.4, -0.2) is 36.4 Å². The van der Waals surface area contributed by atoms with Crippen molar-refractivity contribution in [2.45, 2.75) is 38.1 Å². The van der Waals surface area contributed by atoms with E-state index >= 15 is 0 Å². The molecule has 0 N–H and O–H groups in total. The fraction of sp³-hybridized carbons (Fsp3) is 0.562. The average molecular weight is 296 g/mol. The molecule has 0 heterocycles. The van der Waals surface area contributed by atoms with Gasteiger partial charge in [-0.2, -0.15) is 0 Å². The van der Waals surface area contributed by atoms with Gasteiger partial charge in [-0.05, 0) is 25.0 Å². The number of amides is 1. The molecular formula is C16H22ClNO2. The van der Waals surface area contributed by atoms with Crippen molar-refractivity contribution in [1.29, 1.82) is 0 Å². The minimum atomic E-state index is 0.0370. The van der Waals surface area contributed by atoms with E-state index in [1.165, 1.54) is 19.3 Å². The largest absolute Gasteiger partial charge is 0.496 e. The third kappa shape index (κ3) is 3.45. The molecule has 1 aromatic carbocycles. The quantitative estimate of drug-likeness (QED) is 0.775. The number of hydrogen-bond donors (Lipinski definition) is 0. The summed E-state index contributed by atoms with van der Waals surface area (Å²) in [5.74, 6) is 1.14. The molecule has 0 saturated heterocycles. The SMILES string of the molecule is COc1ccccc1C(=O)N(CCCl)C1CCCCC1. The second-order valence-corrected chi connectivity index (χ2v) is 5.56. The lowest BCUT2D eigenvalue weighted by Gasteiger charge is -2.34. The monoisotopic (exact) mass is 295 g/mol. The van der Waals surface area contributed by atoms with Crippen molar-refractivity contribution in [1.82, 2.24) is 4.90 Å². The number of hydrogen-bond acceptors (Lipinski definition) is 2. The molecule has 1 saturated carbocycles. The van der Waals surface area contributed by atoms with Gasteiger partial charge in [0.15, 0.2) is 0 Å². The number of halogens is 1. The zero-order valence-corrected chi connectivity index (χ0v) is 12.7. The van der Waals surface area contributed by atoms with Crippen molar-refractivity contribution in [3.05, 3.63) is 29.8 Å². The van der Waals surface area contributed by atoms with Crippen LogP contribution in [0.1, 0.15) is 42.5 Å². The number of alkyl halides is 1. The van der Waals surface area contributed by atoms with Crippen molar-refractivity contribution >= 4 is 17.5 Å². The Labute approximate surface area is 125 Å². The molecule has 0 unspecified atom stereocenters. The Morgan fingerprint density at radius 1 is 1.30 bits per heavy atom. The van der Waals surface area contributed by atoms with Gasteiger partial charge < -0.3 is 9.64 Å². The Morgan fingerprint density at radius 3 is 2.65 bits per heavy atom. The van der Waals surface area contributed by atoms with E-state index in [1.54, 1.807) is 7.11 Å². The van der Waals surface area contributed by atoms with Gasteiger partial charge in [0.2, 0.25) is 0 Å². The highest BCUT2D eigenvalue weighted by atomic mass is 35.5. The van der Waals surface area contributed by atoms with E-state index in [9.17, 15) is 4.79 Å². The lowest BCUT2D eigenvalue weighted by molar-refractivity contribution is 0.0646. The predicted molar refractivity (Wildman–Crippen MR) is 81.6 cm³/mol. The maximum atomic E-state index is 12.8. The van der Waals surface area contributed by atoms with Crippen molar-refractivity contribution in [2.24, 2.45) is 0 Å². The first-order valence-corrected chi connectivity index (χ1v) is 7.81. The number of rotatable bonds is 5. The zero-order chi connectivity index (χ0) is 14.4. The second-order valence-electron chi connectivity index (χ2n) is 5.18. The fourth-order valence-electron chi connectivity index (χ4n) is 2.91. The van der Waals surface area contributed by atoms with Crippen LogP contribution in [0.25, 0.3) is 0 Å². The van der Waals surface area contributed by atoms with Crippen molar-refractivity contribution in [2.75, 3.05) is 19.5 Å². The van der Waals surface area contributed by atoms with E-state index in [4.69, 9.17) is 16.3 Å². The first kappa shape index (κ1) is 15.2.